The number of pyridine rings is 1. The van der Waals surface area contributed by atoms with Crippen LogP contribution >= 0.6 is 27.3 Å². The van der Waals surface area contributed by atoms with E-state index in [2.05, 4.69) is 152 Å². The third-order valence-electron chi connectivity index (χ3n) is 26.8. The van der Waals surface area contributed by atoms with Crippen LogP contribution in [0.5, 0.6) is 0 Å². The molecule has 7 aliphatic heterocycles. The summed E-state index contributed by atoms with van der Waals surface area (Å²) in [6.07, 6.45) is 59.4. The monoisotopic (exact) mass is 1930 g/mol. The summed E-state index contributed by atoms with van der Waals surface area (Å²) in [5.74, 6) is 0.277. The van der Waals surface area contributed by atoms with E-state index < -0.39 is 62.1 Å². The first-order chi connectivity index (χ1) is 62.7. The quantitative estimate of drug-likeness (QED) is 0.0261. The number of carbonyl (C=O) groups excluding carboxylic acids is 2. The predicted octanol–water partition coefficient (Wildman–Crippen LogP) is 25.2. The average Bonchev–Trinajstić information content (AvgIpc) is 1.66. The van der Waals surface area contributed by atoms with Crippen molar-refractivity contribution in [3.8, 4) is 0 Å². The van der Waals surface area contributed by atoms with E-state index in [9.17, 15) is 30.0 Å². The van der Waals surface area contributed by atoms with Crippen LogP contribution in [0.2, 0.25) is 0 Å². The normalized spacial score (nSPS) is 28.6. The zero-order chi connectivity index (χ0) is 93.4. The minimum absolute atomic E-state index is 0.0465. The van der Waals surface area contributed by atoms with Gasteiger partial charge in [0.05, 0.1) is 71.5 Å². The second kappa shape index (κ2) is 57.7. The topological polar surface area (TPSA) is 196 Å². The van der Waals surface area contributed by atoms with Gasteiger partial charge in [-0.3, -0.25) is 4.98 Å². The summed E-state index contributed by atoms with van der Waals surface area (Å²) in [7, 11) is 11.3. The van der Waals surface area contributed by atoms with Crippen molar-refractivity contribution < 1.29 is 72.0 Å². The molecule has 11 aliphatic rings. The summed E-state index contributed by atoms with van der Waals surface area (Å²) in [5.41, 5.74) is 18.6. The first-order valence-corrected chi connectivity index (χ1v) is 56.3. The number of hydrogen-bond acceptors (Lipinski definition) is 15. The Morgan fingerprint density at radius 3 is 1.32 bits per heavy atom. The van der Waals surface area contributed by atoms with Gasteiger partial charge in [0.1, 0.15) is 36.6 Å². The van der Waals surface area contributed by atoms with E-state index in [-0.39, 0.29) is 56.8 Å². The van der Waals surface area contributed by atoms with Crippen molar-refractivity contribution >= 4 is 61.3 Å². The molecule has 3 saturated heterocycles. The summed E-state index contributed by atoms with van der Waals surface area (Å²) in [6, 6.07) is 24.7. The van der Waals surface area contributed by atoms with Crippen LogP contribution in [0.25, 0.3) is 6.08 Å². The number of hydrogen-bond donors (Lipinski definition) is 4. The predicted molar refractivity (Wildman–Crippen MR) is 540 cm³/mol. The van der Waals surface area contributed by atoms with E-state index in [1.54, 1.807) is 152 Å². The van der Waals surface area contributed by atoms with Crippen molar-refractivity contribution in [2.45, 2.75) is 377 Å². The summed E-state index contributed by atoms with van der Waals surface area (Å²) >= 11 is -1.61. The van der Waals surface area contributed by atoms with Gasteiger partial charge in [-0.15, -0.1) is 6.58 Å². The molecule has 19 heteroatoms. The van der Waals surface area contributed by atoms with Gasteiger partial charge in [0.25, 0.3) is 0 Å². The number of epoxide rings is 2. The first-order valence-electron chi connectivity index (χ1n) is 49.1. The molecule has 4 N–H and O–H groups in total. The van der Waals surface area contributed by atoms with Crippen molar-refractivity contribution in [3.05, 3.63) is 247 Å². The molecule has 1 aromatic heterocycles. The van der Waals surface area contributed by atoms with Gasteiger partial charge in [-0.2, -0.15) is 6.67 Å². The van der Waals surface area contributed by atoms with Crippen molar-refractivity contribution in [1.29, 1.82) is 0 Å². The molecule has 718 valence electrons. The zero-order valence-corrected chi connectivity index (χ0v) is 84.4. The van der Waals surface area contributed by atoms with E-state index in [4.69, 9.17) is 47.8 Å². The Bertz CT molecular complexity index is 4160. The molecule has 4 aromatic rings. The molecular formula is C111H160Cl2N3O12PRu. The molecular weight excluding hydrogens is 1770 g/mol. The fourth-order valence-corrected chi connectivity index (χ4v) is 28.0. The number of benzene rings is 3. The number of anilines is 2. The Balaban J connectivity index is 0.000000184. The van der Waals surface area contributed by atoms with E-state index in [0.29, 0.717) is 56.3 Å². The summed E-state index contributed by atoms with van der Waals surface area (Å²) in [6.45, 7) is 40.9. The molecule has 130 heavy (non-hydrogen) atoms. The number of aryl methyl sites for hydroxylation is 6. The van der Waals surface area contributed by atoms with Crippen LogP contribution in [-0.2, 0) is 51.5 Å². The van der Waals surface area contributed by atoms with E-state index >= 15 is 0 Å². The van der Waals surface area contributed by atoms with Crippen LogP contribution < -0.4 is 9.80 Å². The summed E-state index contributed by atoms with van der Waals surface area (Å²) in [5, 5.41) is 42.6. The Morgan fingerprint density at radius 1 is 0.531 bits per heavy atom. The van der Waals surface area contributed by atoms with Crippen molar-refractivity contribution in [2.24, 2.45) is 17.8 Å². The van der Waals surface area contributed by atoms with Gasteiger partial charge in [-0.25, -0.2) is 9.59 Å². The molecule has 16 atom stereocenters. The van der Waals surface area contributed by atoms with E-state index in [0.717, 1.165) is 86.9 Å². The number of esters is 2. The molecule has 4 aliphatic carbocycles. The molecule has 8 heterocycles. The molecule has 0 unspecified atom stereocenters. The number of aromatic nitrogens is 1. The van der Waals surface area contributed by atoms with Crippen LogP contribution in [0, 0.1) is 66.0 Å². The number of allylic oxidation sites excluding steroid dienone is 3. The fraction of sp³-hybridized carbons (Fsp3) is 0.577. The molecule has 0 spiro atoms. The molecule has 4 saturated carbocycles. The van der Waals surface area contributed by atoms with Gasteiger partial charge in [0, 0.05) is 63.6 Å². The van der Waals surface area contributed by atoms with Gasteiger partial charge in [0.15, 0.2) is 0 Å². The van der Waals surface area contributed by atoms with Crippen LogP contribution in [0.15, 0.2) is 195 Å². The van der Waals surface area contributed by atoms with Gasteiger partial charge < -0.3 is 58.6 Å². The Labute approximate surface area is 797 Å². The van der Waals surface area contributed by atoms with Gasteiger partial charge >= 0.3 is 85.3 Å². The molecule has 7 fully saturated rings. The van der Waals surface area contributed by atoms with Crippen LogP contribution in [0.3, 0.4) is 0 Å². The van der Waals surface area contributed by atoms with Crippen molar-refractivity contribution in [1.82, 2.24) is 4.98 Å². The molecule has 0 radical (unpaired) electrons. The van der Waals surface area contributed by atoms with Gasteiger partial charge in [0.2, 0.25) is 0 Å². The number of halogens is 2. The van der Waals surface area contributed by atoms with Gasteiger partial charge in [-0.05, 0) is 268 Å². The minimum atomic E-state index is -1.61. The number of cyclic esters (lactones) is 2. The number of aliphatic hydroxyl groups is 4. The number of ether oxygens (including phenoxy) is 6. The molecule has 4 bridgehead atoms. The maximum absolute atomic E-state index is 12.6. The Kier molecular flexibility index (Phi) is 47.8. The van der Waals surface area contributed by atoms with Crippen LogP contribution in [0.1, 0.15) is 278 Å². The molecule has 15 nitrogen and oxygen atoms in total. The zero-order valence-electron chi connectivity index (χ0n) is 80.2. The number of carbonyl (C=O) groups is 2. The number of nitrogens with zero attached hydrogens (tertiary/aromatic N) is 3. The van der Waals surface area contributed by atoms with E-state index in [1.807, 2.05) is 66.1 Å². The summed E-state index contributed by atoms with van der Waals surface area (Å²) in [4.78, 5) is 33.8. The van der Waals surface area contributed by atoms with Crippen molar-refractivity contribution in [2.75, 3.05) is 22.9 Å². The third-order valence-corrected chi connectivity index (χ3v) is 33.2. The number of rotatable bonds is 12. The SMILES string of the molecule is C1CCC([PH+](C2CCCCC2)C2CCCCC2)CC1.C=C1C[C@H](C)C[C@@H]2CC=C[C@@H](C/C=C\C(=O)O[C@H]([C@@H](O)/C=C/C)C[C@@H]3O[C@H]3[C@@H](O)C1)O2.C=C1C[C@H](C)C[C@@H]2CC=C[C@@H](C/C=C\C(=O)O[C@H]([C@@H](O)/C=C/C3CCCCC3)C[C@@H]3O[C@H]3[C@@H](O)C1)O2.C=CC.C=Cc1ccccn1.Cc1cc(C)c(N2[CH-]N(c3c(C)cc(C)cc3C)CC2)c(C)c1.[Cl][Ru]([Cl])=[CH]c1ccccc1. The summed E-state index contributed by atoms with van der Waals surface area (Å²) < 4.78 is 37.0. The molecule has 3 aromatic carbocycles. The van der Waals surface area contributed by atoms with E-state index in [1.165, 1.54) is 93.1 Å². The fourth-order valence-electron chi connectivity index (χ4n) is 20.9. The van der Waals surface area contributed by atoms with Crippen LogP contribution in [0.4, 0.5) is 11.4 Å². The first kappa shape index (κ1) is 108. The van der Waals surface area contributed by atoms with Crippen LogP contribution in [-0.4, -0.2) is 157 Å². The Morgan fingerprint density at radius 2 is 0.938 bits per heavy atom. The second-order valence-electron chi connectivity index (χ2n) is 38.4. The standard InChI is InChI=1S/C30H44O6.C25H36O6.C21H27N2.C18H33P.C7H7N.C7H6.C3H6.2ClH.Ru/c1-20-16-21(2)18-26(32)30-28(36-30)19-27(25(31)15-14-22-8-4-3-5-9-22)35-29(33)13-7-11-23-10-6-12-24(17-20)34-23;1-4-7-20(26)22-15-23-25(31-23)21(27)14-17(3)12-16(2)13-19-10-5-8-18(29-19)9-6-11-24(28)30-22;1-14-9-16(3)20(17(4)10-14)22-7-8-23(13-22)21-18(5)11-15(2)12-19(21)6;1-4-10-16(11-5-1)19(17-12-6-2-7-13-17)18-14-8-3-9-15-18;1-2-7-5-3-4-6-8-7;1-7-5-3-2-4-6-7;1-3-2;;;/h6-7,10,13-15,20,22-28,30-32H,2-5,8-9,11-12,16-19H2,1H3;4-8,11,16,18-23,25-27H,3,9-10,12-15H2,1-2H3;9-13H,7-8H2,1-6H3;16-18H,1-15H2;2-6H,1H2;1-6H;3H,1H2,2H3;2*1H;/q;;-1;;;;;;;+2/p-1/b13-7-,15-14+;7-4+,11-6-;;;;;;;;/t20-,23-,24-,25-,26-,27-,28-,30-;16-,18-,19-,20-,21-,22-,23-,25-;;;;;;;;/m00......../s1. The molecule has 15 rings (SSSR count). The third kappa shape index (κ3) is 37.9. The molecule has 0 amide bonds. The maximum atomic E-state index is 12.6. The average molecular weight is 1930 g/mol. The van der Waals surface area contributed by atoms with Gasteiger partial charge in [-0.1, -0.05) is 192 Å². The number of fused-ring (bicyclic) bond motifs is 6. The number of aliphatic hydroxyl groups excluding tert-OH is 4. The second-order valence-corrected chi connectivity index (χ2v) is 47.6. The Hall–Kier alpha value is -6.07. The van der Waals surface area contributed by atoms with Crippen molar-refractivity contribution in [3.63, 3.8) is 0 Å².